The van der Waals surface area contributed by atoms with Crippen molar-refractivity contribution in [2.24, 2.45) is 0 Å². The number of amides is 1. The quantitative estimate of drug-likeness (QED) is 0.256. The molecule has 0 aliphatic carbocycles. The van der Waals surface area contributed by atoms with E-state index in [9.17, 15) is 14.7 Å². The van der Waals surface area contributed by atoms with E-state index in [0.29, 0.717) is 21.8 Å². The van der Waals surface area contributed by atoms with Crippen molar-refractivity contribution in [1.29, 1.82) is 0 Å². The molecule has 1 N–H and O–H groups in total. The molecule has 0 spiro atoms. The molecule has 1 aliphatic heterocycles. The third-order valence-corrected chi connectivity index (χ3v) is 7.41. The SMILES string of the molecule is Cc1cc(/C(O)=C2/C(=O)C(=O)N(c3cccc(Cl)c3C)C2c2cccs2)ccc1Br. The van der Waals surface area contributed by atoms with Gasteiger partial charge in [-0.15, -0.1) is 11.3 Å². The number of carbonyl (C=O) groups excluding carboxylic acids is 2. The molecule has 0 radical (unpaired) electrons. The average Bonchev–Trinajstić information content (AvgIpc) is 3.33. The first kappa shape index (κ1) is 20.8. The summed E-state index contributed by atoms with van der Waals surface area (Å²) in [5.74, 6) is -1.59. The van der Waals surface area contributed by atoms with Gasteiger partial charge in [0.1, 0.15) is 11.8 Å². The van der Waals surface area contributed by atoms with Crippen LogP contribution >= 0.6 is 38.9 Å². The highest BCUT2D eigenvalue weighted by Crippen LogP contribution is 2.45. The number of rotatable bonds is 3. The summed E-state index contributed by atoms with van der Waals surface area (Å²) in [7, 11) is 0. The van der Waals surface area contributed by atoms with Crippen molar-refractivity contribution in [1.82, 2.24) is 0 Å². The number of hydrogen-bond donors (Lipinski definition) is 1. The first-order valence-corrected chi connectivity index (χ1v) is 11.2. The molecule has 30 heavy (non-hydrogen) atoms. The second kappa shape index (κ2) is 8.02. The van der Waals surface area contributed by atoms with E-state index in [1.165, 1.54) is 16.2 Å². The minimum atomic E-state index is -0.730. The molecule has 1 aromatic heterocycles. The molecule has 0 saturated carbocycles. The van der Waals surface area contributed by atoms with Crippen LogP contribution < -0.4 is 4.90 Å². The van der Waals surface area contributed by atoms with Gasteiger partial charge in [-0.3, -0.25) is 14.5 Å². The van der Waals surface area contributed by atoms with E-state index in [4.69, 9.17) is 11.6 Å². The molecule has 2 aromatic carbocycles. The Morgan fingerprint density at radius 2 is 1.90 bits per heavy atom. The Morgan fingerprint density at radius 3 is 2.57 bits per heavy atom. The highest BCUT2D eigenvalue weighted by Gasteiger charge is 2.47. The largest absolute Gasteiger partial charge is 0.507 e. The van der Waals surface area contributed by atoms with E-state index in [2.05, 4.69) is 15.9 Å². The molecule has 1 saturated heterocycles. The number of benzene rings is 2. The van der Waals surface area contributed by atoms with Gasteiger partial charge in [0.15, 0.2) is 0 Å². The summed E-state index contributed by atoms with van der Waals surface area (Å²) < 4.78 is 0.892. The minimum Gasteiger partial charge on any atom is -0.507 e. The molecule has 1 fully saturated rings. The number of hydrogen-bond acceptors (Lipinski definition) is 4. The lowest BCUT2D eigenvalue weighted by atomic mass is 9.98. The van der Waals surface area contributed by atoms with E-state index < -0.39 is 17.7 Å². The number of aliphatic hydroxyl groups excluding tert-OH is 1. The van der Waals surface area contributed by atoms with Crippen LogP contribution in [0.5, 0.6) is 0 Å². The molecule has 7 heteroatoms. The fourth-order valence-corrected chi connectivity index (χ4v) is 4.84. The van der Waals surface area contributed by atoms with Gasteiger partial charge >= 0.3 is 0 Å². The van der Waals surface area contributed by atoms with Gasteiger partial charge in [0.25, 0.3) is 11.7 Å². The van der Waals surface area contributed by atoms with Crippen molar-refractivity contribution in [2.75, 3.05) is 4.90 Å². The minimum absolute atomic E-state index is 0.0727. The molecule has 1 unspecified atom stereocenters. The Bertz CT molecular complexity index is 1200. The summed E-state index contributed by atoms with van der Waals surface area (Å²) >= 11 is 11.2. The summed E-state index contributed by atoms with van der Waals surface area (Å²) in [5.41, 5.74) is 2.71. The van der Waals surface area contributed by atoms with Gasteiger partial charge < -0.3 is 5.11 Å². The smallest absolute Gasteiger partial charge is 0.300 e. The zero-order valence-corrected chi connectivity index (χ0v) is 19.3. The second-order valence-corrected chi connectivity index (χ2v) is 9.27. The Balaban J connectivity index is 1.96. The van der Waals surface area contributed by atoms with Crippen LogP contribution in [0.3, 0.4) is 0 Å². The molecule has 1 atom stereocenters. The second-order valence-electron chi connectivity index (χ2n) is 7.03. The number of anilines is 1. The van der Waals surface area contributed by atoms with Gasteiger partial charge in [-0.05, 0) is 60.7 Å². The fraction of sp³-hybridized carbons (Fsp3) is 0.130. The predicted octanol–water partition coefficient (Wildman–Crippen LogP) is 6.41. The van der Waals surface area contributed by atoms with Gasteiger partial charge in [-0.25, -0.2) is 0 Å². The van der Waals surface area contributed by atoms with Gasteiger partial charge in [-0.2, -0.15) is 0 Å². The van der Waals surface area contributed by atoms with Crippen LogP contribution in [0.2, 0.25) is 5.02 Å². The van der Waals surface area contributed by atoms with E-state index in [1.54, 1.807) is 37.3 Å². The molecule has 1 amide bonds. The lowest BCUT2D eigenvalue weighted by molar-refractivity contribution is -0.132. The van der Waals surface area contributed by atoms with Crippen molar-refractivity contribution in [2.45, 2.75) is 19.9 Å². The number of aryl methyl sites for hydroxylation is 1. The Morgan fingerprint density at radius 1 is 1.13 bits per heavy atom. The van der Waals surface area contributed by atoms with E-state index in [0.717, 1.165) is 14.9 Å². The number of ketones is 1. The Hall–Kier alpha value is -2.41. The Labute approximate surface area is 191 Å². The maximum absolute atomic E-state index is 13.1. The zero-order valence-electron chi connectivity index (χ0n) is 16.1. The molecule has 0 bridgehead atoms. The highest BCUT2D eigenvalue weighted by molar-refractivity contribution is 9.10. The summed E-state index contributed by atoms with van der Waals surface area (Å²) in [6, 6.07) is 13.5. The lowest BCUT2D eigenvalue weighted by Gasteiger charge is -2.26. The molecule has 4 rings (SSSR count). The molecular formula is C23H17BrClNO3S. The van der Waals surface area contributed by atoms with Crippen molar-refractivity contribution >= 4 is 62.0 Å². The number of aliphatic hydroxyl groups is 1. The summed E-state index contributed by atoms with van der Waals surface area (Å²) in [5, 5.41) is 13.5. The standard InChI is InChI=1S/C23H17BrClNO3S/c1-12-11-14(8-9-15(12)24)21(27)19-20(18-7-4-10-30-18)26(23(29)22(19)28)17-6-3-5-16(25)13(17)2/h3-11,20,27H,1-2H3/b21-19-. The van der Waals surface area contributed by atoms with Gasteiger partial charge in [0.05, 0.1) is 5.57 Å². The van der Waals surface area contributed by atoms with E-state index in [-0.39, 0.29) is 11.3 Å². The van der Waals surface area contributed by atoms with Gasteiger partial charge in [-0.1, -0.05) is 45.7 Å². The predicted molar refractivity (Wildman–Crippen MR) is 124 cm³/mol. The maximum atomic E-state index is 13.1. The zero-order chi connectivity index (χ0) is 21.6. The van der Waals surface area contributed by atoms with Gasteiger partial charge in [0, 0.05) is 25.6 Å². The number of halogens is 2. The van der Waals surface area contributed by atoms with Crippen LogP contribution in [0, 0.1) is 13.8 Å². The van der Waals surface area contributed by atoms with Crippen LogP contribution in [0.15, 0.2) is 64.0 Å². The van der Waals surface area contributed by atoms with E-state index >= 15 is 0 Å². The van der Waals surface area contributed by atoms with Crippen LogP contribution in [-0.2, 0) is 9.59 Å². The normalized spacial score (nSPS) is 18.3. The van der Waals surface area contributed by atoms with Crippen LogP contribution in [-0.4, -0.2) is 16.8 Å². The van der Waals surface area contributed by atoms with Crippen molar-refractivity contribution < 1.29 is 14.7 Å². The molecular weight excluding hydrogens is 486 g/mol. The average molecular weight is 503 g/mol. The molecule has 152 valence electrons. The summed E-state index contributed by atoms with van der Waals surface area (Å²) in [6.45, 7) is 3.70. The number of thiophene rings is 1. The van der Waals surface area contributed by atoms with Crippen LogP contribution in [0.25, 0.3) is 5.76 Å². The number of Topliss-reactive ketones (excluding diaryl/α,β-unsaturated/α-hetero) is 1. The van der Waals surface area contributed by atoms with E-state index in [1.807, 2.05) is 30.5 Å². The summed E-state index contributed by atoms with van der Waals surface area (Å²) in [4.78, 5) is 28.5. The number of nitrogens with zero attached hydrogens (tertiary/aromatic N) is 1. The van der Waals surface area contributed by atoms with Crippen LogP contribution in [0.4, 0.5) is 5.69 Å². The molecule has 3 aromatic rings. The highest BCUT2D eigenvalue weighted by atomic mass is 79.9. The first-order chi connectivity index (χ1) is 14.3. The Kier molecular flexibility index (Phi) is 5.57. The molecule has 2 heterocycles. The van der Waals surface area contributed by atoms with Crippen molar-refractivity contribution in [3.8, 4) is 0 Å². The summed E-state index contributed by atoms with van der Waals surface area (Å²) in [6.07, 6.45) is 0. The van der Waals surface area contributed by atoms with Crippen molar-refractivity contribution in [3.05, 3.63) is 90.5 Å². The van der Waals surface area contributed by atoms with Crippen LogP contribution in [0.1, 0.15) is 27.6 Å². The number of carbonyl (C=O) groups is 2. The first-order valence-electron chi connectivity index (χ1n) is 9.17. The monoisotopic (exact) mass is 501 g/mol. The fourth-order valence-electron chi connectivity index (χ4n) is 3.60. The third-order valence-electron chi connectivity index (χ3n) is 5.19. The molecule has 4 nitrogen and oxygen atoms in total. The lowest BCUT2D eigenvalue weighted by Crippen LogP contribution is -2.29. The maximum Gasteiger partial charge on any atom is 0.300 e. The van der Waals surface area contributed by atoms with Gasteiger partial charge in [0.2, 0.25) is 0 Å². The third kappa shape index (κ3) is 3.39. The topological polar surface area (TPSA) is 57.6 Å². The molecule has 1 aliphatic rings. The van der Waals surface area contributed by atoms with Crippen molar-refractivity contribution in [3.63, 3.8) is 0 Å².